The number of hydrogen-bond acceptors (Lipinski definition) is 3. The first kappa shape index (κ1) is 17.7. The van der Waals surface area contributed by atoms with E-state index in [2.05, 4.69) is 5.10 Å². The Morgan fingerprint density at radius 2 is 1.67 bits per heavy atom. The normalized spacial score (nSPS) is 27.3. The molecule has 1 heterocycles. The minimum absolute atomic E-state index is 0.150. The Hall–Kier alpha value is -1.36. The summed E-state index contributed by atoms with van der Waals surface area (Å²) in [4.78, 5) is 12.1. The zero-order valence-electron chi connectivity index (χ0n) is 15.0. The SMILES string of the molecule is O=C1C2CC[C@H]1CC(OCc1c(C3CC3)cnn1-c1c(Cl)cccc1Cl)C2. The standard InChI is InChI=1S/C21H22Cl2N2O2/c22-17-2-1-3-18(23)20(17)25-19(16(10-24-25)12-4-5-12)11-27-15-8-13-6-7-14(9-15)21(13)26/h1-3,10,12-15H,4-9,11H2/t13-,14?,15?/m0/s1. The van der Waals surface area contributed by atoms with Crippen molar-refractivity contribution >= 4 is 29.0 Å². The zero-order valence-corrected chi connectivity index (χ0v) is 16.5. The molecule has 3 aliphatic rings. The molecule has 0 aliphatic heterocycles. The fraction of sp³-hybridized carbons (Fsp3) is 0.524. The molecule has 1 aromatic heterocycles. The van der Waals surface area contributed by atoms with E-state index in [-0.39, 0.29) is 17.9 Å². The molecular weight excluding hydrogens is 383 g/mol. The number of carbonyl (C=O) groups is 1. The Morgan fingerprint density at radius 1 is 1.04 bits per heavy atom. The highest BCUT2D eigenvalue weighted by molar-refractivity contribution is 6.37. The predicted octanol–water partition coefficient (Wildman–Crippen LogP) is 5.33. The number of benzene rings is 1. The molecule has 3 atom stereocenters. The number of halogens is 2. The van der Waals surface area contributed by atoms with Gasteiger partial charge < -0.3 is 4.74 Å². The second kappa shape index (κ2) is 6.91. The van der Waals surface area contributed by atoms with E-state index >= 15 is 0 Å². The van der Waals surface area contributed by atoms with Crippen molar-refractivity contribution in [3.05, 3.63) is 45.7 Å². The molecule has 1 aromatic carbocycles. The maximum Gasteiger partial charge on any atom is 0.139 e. The summed E-state index contributed by atoms with van der Waals surface area (Å²) in [5, 5.41) is 5.76. The van der Waals surface area contributed by atoms with Crippen LogP contribution in [0.1, 0.15) is 55.7 Å². The number of ether oxygens (including phenoxy) is 1. The van der Waals surface area contributed by atoms with Crippen molar-refractivity contribution in [2.45, 2.75) is 57.2 Å². The molecule has 0 amide bonds. The van der Waals surface area contributed by atoms with E-state index in [1.807, 2.05) is 29.1 Å². The van der Waals surface area contributed by atoms with E-state index in [1.165, 1.54) is 18.4 Å². The number of aromatic nitrogens is 2. The number of fused-ring (bicyclic) bond motifs is 2. The van der Waals surface area contributed by atoms with Crippen LogP contribution in [0.4, 0.5) is 0 Å². The number of ketones is 1. The van der Waals surface area contributed by atoms with Crippen LogP contribution in [0.15, 0.2) is 24.4 Å². The lowest BCUT2D eigenvalue weighted by atomic mass is 9.86. The van der Waals surface area contributed by atoms with Crippen LogP contribution in [0.5, 0.6) is 0 Å². The minimum Gasteiger partial charge on any atom is -0.372 e. The molecule has 4 nitrogen and oxygen atoms in total. The van der Waals surface area contributed by atoms with Gasteiger partial charge in [0.15, 0.2) is 0 Å². The van der Waals surface area contributed by atoms with Crippen LogP contribution in [-0.4, -0.2) is 21.7 Å². The zero-order chi connectivity index (χ0) is 18.5. The largest absolute Gasteiger partial charge is 0.372 e. The van der Waals surface area contributed by atoms with Gasteiger partial charge in [0.1, 0.15) is 11.5 Å². The van der Waals surface area contributed by atoms with Gasteiger partial charge in [0.2, 0.25) is 0 Å². The third kappa shape index (κ3) is 3.22. The quantitative estimate of drug-likeness (QED) is 0.675. The molecule has 0 spiro atoms. The van der Waals surface area contributed by atoms with Crippen molar-refractivity contribution in [1.82, 2.24) is 9.78 Å². The first-order chi connectivity index (χ1) is 13.1. The molecule has 2 bridgehead atoms. The molecule has 6 heteroatoms. The number of rotatable bonds is 5. The van der Waals surface area contributed by atoms with Crippen molar-refractivity contribution in [3.8, 4) is 5.69 Å². The fourth-order valence-corrected chi connectivity index (χ4v) is 5.26. The van der Waals surface area contributed by atoms with Gasteiger partial charge in [0.25, 0.3) is 0 Å². The van der Waals surface area contributed by atoms with Crippen LogP contribution < -0.4 is 0 Å². The van der Waals surface area contributed by atoms with Crippen molar-refractivity contribution in [2.24, 2.45) is 11.8 Å². The maximum absolute atomic E-state index is 12.1. The molecule has 0 saturated heterocycles. The lowest BCUT2D eigenvalue weighted by molar-refractivity contribution is -0.130. The Balaban J connectivity index is 1.42. The summed E-state index contributed by atoms with van der Waals surface area (Å²) in [5.74, 6) is 1.43. The van der Waals surface area contributed by atoms with Gasteiger partial charge in [-0.25, -0.2) is 4.68 Å². The highest BCUT2D eigenvalue weighted by atomic mass is 35.5. The van der Waals surface area contributed by atoms with Gasteiger partial charge in [-0.15, -0.1) is 0 Å². The molecule has 5 rings (SSSR count). The Bertz CT molecular complexity index is 854. The summed E-state index contributed by atoms with van der Waals surface area (Å²) < 4.78 is 8.17. The Morgan fingerprint density at radius 3 is 2.30 bits per heavy atom. The van der Waals surface area contributed by atoms with E-state index in [0.29, 0.717) is 34.0 Å². The van der Waals surface area contributed by atoms with Crippen LogP contribution in [0.3, 0.4) is 0 Å². The third-order valence-corrected chi connectivity index (χ3v) is 6.90. The number of para-hydroxylation sites is 1. The topological polar surface area (TPSA) is 44.1 Å². The lowest BCUT2D eigenvalue weighted by Crippen LogP contribution is -2.31. The number of nitrogens with zero attached hydrogens (tertiary/aromatic N) is 2. The summed E-state index contributed by atoms with van der Waals surface area (Å²) in [5.41, 5.74) is 2.99. The summed E-state index contributed by atoms with van der Waals surface area (Å²) in [6.07, 6.45) is 8.24. The fourth-order valence-electron chi connectivity index (χ4n) is 4.70. The van der Waals surface area contributed by atoms with Gasteiger partial charge in [-0.1, -0.05) is 29.3 Å². The highest BCUT2D eigenvalue weighted by Crippen LogP contribution is 2.44. The molecular formula is C21H22Cl2N2O2. The molecule has 0 radical (unpaired) electrons. The first-order valence-electron chi connectivity index (χ1n) is 9.78. The Kier molecular flexibility index (Phi) is 4.53. The van der Waals surface area contributed by atoms with Crippen LogP contribution in [-0.2, 0) is 16.1 Å². The molecule has 3 aliphatic carbocycles. The summed E-state index contributed by atoms with van der Waals surface area (Å²) >= 11 is 12.9. The molecule has 2 unspecified atom stereocenters. The number of hydrogen-bond donors (Lipinski definition) is 0. The van der Waals surface area contributed by atoms with Gasteiger partial charge >= 0.3 is 0 Å². The molecule has 3 saturated carbocycles. The molecule has 2 aromatic rings. The van der Waals surface area contributed by atoms with E-state index in [1.54, 1.807) is 0 Å². The van der Waals surface area contributed by atoms with Gasteiger partial charge in [-0.2, -0.15) is 5.10 Å². The van der Waals surface area contributed by atoms with E-state index in [0.717, 1.165) is 31.4 Å². The summed E-state index contributed by atoms with van der Waals surface area (Å²) in [7, 11) is 0. The smallest absolute Gasteiger partial charge is 0.139 e. The van der Waals surface area contributed by atoms with Gasteiger partial charge in [0.05, 0.1) is 34.6 Å². The van der Waals surface area contributed by atoms with Crippen LogP contribution in [0.25, 0.3) is 5.69 Å². The average molecular weight is 405 g/mol. The highest BCUT2D eigenvalue weighted by Gasteiger charge is 2.42. The number of carbonyl (C=O) groups excluding carboxylic acids is 1. The van der Waals surface area contributed by atoms with Crippen molar-refractivity contribution in [3.63, 3.8) is 0 Å². The van der Waals surface area contributed by atoms with Gasteiger partial charge in [-0.05, 0) is 62.1 Å². The van der Waals surface area contributed by atoms with Crippen LogP contribution >= 0.6 is 23.2 Å². The van der Waals surface area contributed by atoms with E-state index < -0.39 is 0 Å². The van der Waals surface area contributed by atoms with Gasteiger partial charge in [0, 0.05) is 11.8 Å². The van der Waals surface area contributed by atoms with Gasteiger partial charge in [-0.3, -0.25) is 4.79 Å². The average Bonchev–Trinajstić information content (AvgIpc) is 3.38. The summed E-state index contributed by atoms with van der Waals surface area (Å²) in [6.45, 7) is 0.478. The Labute approximate surface area is 168 Å². The third-order valence-electron chi connectivity index (χ3n) is 6.29. The summed E-state index contributed by atoms with van der Waals surface area (Å²) in [6, 6.07) is 5.50. The second-order valence-corrected chi connectivity index (χ2v) is 8.90. The van der Waals surface area contributed by atoms with Crippen molar-refractivity contribution in [1.29, 1.82) is 0 Å². The number of Topliss-reactive ketones (excluding diaryl/α,β-unsaturated/α-hetero) is 1. The maximum atomic E-state index is 12.1. The molecule has 27 heavy (non-hydrogen) atoms. The van der Waals surface area contributed by atoms with Crippen molar-refractivity contribution < 1.29 is 9.53 Å². The van der Waals surface area contributed by atoms with Crippen LogP contribution in [0.2, 0.25) is 10.0 Å². The first-order valence-corrected chi connectivity index (χ1v) is 10.5. The van der Waals surface area contributed by atoms with Crippen molar-refractivity contribution in [2.75, 3.05) is 0 Å². The van der Waals surface area contributed by atoms with Crippen LogP contribution in [0, 0.1) is 11.8 Å². The second-order valence-electron chi connectivity index (χ2n) is 8.08. The molecule has 3 fully saturated rings. The minimum atomic E-state index is 0.150. The monoisotopic (exact) mass is 404 g/mol. The van der Waals surface area contributed by atoms with E-state index in [9.17, 15) is 4.79 Å². The predicted molar refractivity (Wildman–Crippen MR) is 105 cm³/mol. The van der Waals surface area contributed by atoms with E-state index in [4.69, 9.17) is 27.9 Å². The molecule has 142 valence electrons. The molecule has 0 N–H and O–H groups in total. The lowest BCUT2D eigenvalue weighted by Gasteiger charge is -2.27.